The predicted molar refractivity (Wildman–Crippen MR) is 69.7 cm³/mol. The monoisotopic (exact) mass is 235 g/mol. The molecule has 1 atom stereocenters. The number of hydrogen-bond donors (Lipinski definition) is 2. The second-order valence-electron chi connectivity index (χ2n) is 3.88. The van der Waals surface area contributed by atoms with Crippen LogP contribution in [-0.4, -0.2) is 30.6 Å². The van der Waals surface area contributed by atoms with Crippen LogP contribution in [0.2, 0.25) is 0 Å². The molecule has 0 fully saturated rings. The van der Waals surface area contributed by atoms with E-state index in [1.165, 1.54) is 0 Å². The number of nitrogens with zero attached hydrogens (tertiary/aromatic N) is 1. The average Bonchev–Trinajstić information content (AvgIpc) is 2.38. The maximum atomic E-state index is 11.7. The van der Waals surface area contributed by atoms with Crippen LogP contribution < -0.4 is 11.1 Å². The summed E-state index contributed by atoms with van der Waals surface area (Å²) in [5, 5.41) is 2.84. The Morgan fingerprint density at radius 2 is 1.88 bits per heavy atom. The van der Waals surface area contributed by atoms with Crippen molar-refractivity contribution in [3.05, 3.63) is 35.9 Å². The summed E-state index contributed by atoms with van der Waals surface area (Å²) in [5.74, 6) is 0. The molecule has 0 radical (unpaired) electrons. The van der Waals surface area contributed by atoms with E-state index in [-0.39, 0.29) is 12.1 Å². The van der Waals surface area contributed by atoms with Gasteiger partial charge in [-0.05, 0) is 19.4 Å². The van der Waals surface area contributed by atoms with Gasteiger partial charge in [-0.25, -0.2) is 4.79 Å². The predicted octanol–water partition coefficient (Wildman–Crippen LogP) is 1.74. The van der Waals surface area contributed by atoms with E-state index in [0.717, 1.165) is 5.56 Å². The van der Waals surface area contributed by atoms with Gasteiger partial charge in [0.15, 0.2) is 0 Å². The molecule has 2 amide bonds. The summed E-state index contributed by atoms with van der Waals surface area (Å²) in [6, 6.07) is 9.56. The summed E-state index contributed by atoms with van der Waals surface area (Å²) < 4.78 is 0. The van der Waals surface area contributed by atoms with Crippen molar-refractivity contribution in [2.24, 2.45) is 5.73 Å². The van der Waals surface area contributed by atoms with Gasteiger partial charge < -0.3 is 16.0 Å². The summed E-state index contributed by atoms with van der Waals surface area (Å²) in [4.78, 5) is 13.4. The van der Waals surface area contributed by atoms with Gasteiger partial charge in [-0.3, -0.25) is 0 Å². The summed E-state index contributed by atoms with van der Waals surface area (Å²) in [5.41, 5.74) is 7.03. The van der Waals surface area contributed by atoms with Crippen molar-refractivity contribution < 1.29 is 4.79 Å². The number of rotatable bonds is 5. The summed E-state index contributed by atoms with van der Waals surface area (Å²) >= 11 is 0. The van der Waals surface area contributed by atoms with Crippen molar-refractivity contribution in [1.82, 2.24) is 10.2 Å². The molecule has 3 N–H and O–H groups in total. The Bertz CT molecular complexity index is 336. The third kappa shape index (κ3) is 4.07. The Morgan fingerprint density at radius 3 is 2.41 bits per heavy atom. The molecule has 0 spiro atoms. The zero-order valence-electron chi connectivity index (χ0n) is 10.5. The number of hydrogen-bond acceptors (Lipinski definition) is 2. The van der Waals surface area contributed by atoms with Crippen molar-refractivity contribution in [3.8, 4) is 0 Å². The van der Waals surface area contributed by atoms with Gasteiger partial charge in [0.1, 0.15) is 0 Å². The second kappa shape index (κ2) is 6.91. The van der Waals surface area contributed by atoms with Crippen molar-refractivity contribution >= 4 is 6.03 Å². The minimum atomic E-state index is -0.157. The number of carbonyl (C=O) groups is 1. The lowest BCUT2D eigenvalue weighted by Gasteiger charge is -2.21. The fourth-order valence-corrected chi connectivity index (χ4v) is 1.64. The van der Waals surface area contributed by atoms with Gasteiger partial charge in [0.2, 0.25) is 0 Å². The molecular weight excluding hydrogens is 214 g/mol. The molecule has 0 aromatic heterocycles. The van der Waals surface area contributed by atoms with Gasteiger partial charge in [-0.2, -0.15) is 0 Å². The SMILES string of the molecule is CCN(CC)C(=O)NCC(N)c1ccccc1. The molecule has 1 aromatic carbocycles. The smallest absolute Gasteiger partial charge is 0.317 e. The van der Waals surface area contributed by atoms with E-state index in [4.69, 9.17) is 5.73 Å². The van der Waals surface area contributed by atoms with Crippen LogP contribution in [-0.2, 0) is 0 Å². The largest absolute Gasteiger partial charge is 0.336 e. The van der Waals surface area contributed by atoms with Gasteiger partial charge in [0, 0.05) is 25.7 Å². The van der Waals surface area contributed by atoms with Crippen LogP contribution in [0.15, 0.2) is 30.3 Å². The van der Waals surface area contributed by atoms with Crippen LogP contribution in [0.1, 0.15) is 25.5 Å². The second-order valence-corrected chi connectivity index (χ2v) is 3.88. The van der Waals surface area contributed by atoms with E-state index in [1.807, 2.05) is 44.2 Å². The molecule has 1 aromatic rings. The van der Waals surface area contributed by atoms with Crippen LogP contribution in [0.3, 0.4) is 0 Å². The van der Waals surface area contributed by atoms with Gasteiger partial charge in [0.25, 0.3) is 0 Å². The van der Waals surface area contributed by atoms with Crippen LogP contribution in [0.25, 0.3) is 0 Å². The number of carbonyl (C=O) groups excluding carboxylic acids is 1. The van der Waals surface area contributed by atoms with Gasteiger partial charge in [0.05, 0.1) is 0 Å². The first kappa shape index (κ1) is 13.5. The van der Waals surface area contributed by atoms with E-state index in [2.05, 4.69) is 5.32 Å². The quantitative estimate of drug-likeness (QED) is 0.816. The number of benzene rings is 1. The molecular formula is C13H21N3O. The minimum Gasteiger partial charge on any atom is -0.336 e. The van der Waals surface area contributed by atoms with Crippen LogP contribution >= 0.6 is 0 Å². The van der Waals surface area contributed by atoms with E-state index in [0.29, 0.717) is 19.6 Å². The molecule has 0 aliphatic carbocycles. The Morgan fingerprint density at radius 1 is 1.29 bits per heavy atom. The number of nitrogens with one attached hydrogen (secondary N) is 1. The Kier molecular flexibility index (Phi) is 5.49. The highest BCUT2D eigenvalue weighted by atomic mass is 16.2. The topological polar surface area (TPSA) is 58.4 Å². The molecule has 4 heteroatoms. The number of amides is 2. The molecule has 94 valence electrons. The van der Waals surface area contributed by atoms with Gasteiger partial charge >= 0.3 is 6.03 Å². The molecule has 0 aliphatic rings. The molecule has 0 bridgehead atoms. The Balaban J connectivity index is 2.43. The fraction of sp³-hybridized carbons (Fsp3) is 0.462. The summed E-state index contributed by atoms with van der Waals surface area (Å²) in [6.45, 7) is 5.80. The fourth-order valence-electron chi connectivity index (χ4n) is 1.64. The first-order valence-corrected chi connectivity index (χ1v) is 6.02. The normalized spacial score (nSPS) is 11.9. The lowest BCUT2D eigenvalue weighted by molar-refractivity contribution is 0.202. The maximum absolute atomic E-state index is 11.7. The zero-order valence-corrected chi connectivity index (χ0v) is 10.5. The van der Waals surface area contributed by atoms with Crippen molar-refractivity contribution in [2.75, 3.05) is 19.6 Å². The maximum Gasteiger partial charge on any atom is 0.317 e. The molecule has 0 saturated carbocycles. The zero-order chi connectivity index (χ0) is 12.7. The molecule has 0 saturated heterocycles. The average molecular weight is 235 g/mol. The minimum absolute atomic E-state index is 0.0543. The van der Waals surface area contributed by atoms with E-state index in [9.17, 15) is 4.79 Å². The lowest BCUT2D eigenvalue weighted by atomic mass is 10.1. The number of nitrogens with two attached hydrogens (primary N) is 1. The third-order valence-electron chi connectivity index (χ3n) is 2.75. The molecule has 1 rings (SSSR count). The summed E-state index contributed by atoms with van der Waals surface area (Å²) in [7, 11) is 0. The van der Waals surface area contributed by atoms with Crippen LogP contribution in [0, 0.1) is 0 Å². The molecule has 0 aliphatic heterocycles. The molecule has 1 unspecified atom stereocenters. The van der Waals surface area contributed by atoms with Crippen LogP contribution in [0.4, 0.5) is 4.79 Å². The molecule has 4 nitrogen and oxygen atoms in total. The molecule has 0 heterocycles. The standard InChI is InChI=1S/C13H21N3O/c1-3-16(4-2)13(17)15-10-12(14)11-8-6-5-7-9-11/h5-9,12H,3-4,10,14H2,1-2H3,(H,15,17). The van der Waals surface area contributed by atoms with Crippen molar-refractivity contribution in [3.63, 3.8) is 0 Å². The Hall–Kier alpha value is -1.55. The third-order valence-corrected chi connectivity index (χ3v) is 2.75. The first-order valence-electron chi connectivity index (χ1n) is 6.02. The van der Waals surface area contributed by atoms with E-state index in [1.54, 1.807) is 4.90 Å². The van der Waals surface area contributed by atoms with E-state index >= 15 is 0 Å². The first-order chi connectivity index (χ1) is 8.19. The summed E-state index contributed by atoms with van der Waals surface area (Å²) in [6.07, 6.45) is 0. The lowest BCUT2D eigenvalue weighted by Crippen LogP contribution is -2.42. The van der Waals surface area contributed by atoms with Crippen molar-refractivity contribution in [2.45, 2.75) is 19.9 Å². The Labute approximate surface area is 103 Å². The highest BCUT2D eigenvalue weighted by Gasteiger charge is 2.11. The highest BCUT2D eigenvalue weighted by molar-refractivity contribution is 5.74. The molecule has 17 heavy (non-hydrogen) atoms. The van der Waals surface area contributed by atoms with Gasteiger partial charge in [-0.15, -0.1) is 0 Å². The van der Waals surface area contributed by atoms with Gasteiger partial charge in [-0.1, -0.05) is 30.3 Å². The van der Waals surface area contributed by atoms with Crippen LogP contribution in [0.5, 0.6) is 0 Å². The highest BCUT2D eigenvalue weighted by Crippen LogP contribution is 2.07. The number of urea groups is 1. The van der Waals surface area contributed by atoms with E-state index < -0.39 is 0 Å². The van der Waals surface area contributed by atoms with Crippen molar-refractivity contribution in [1.29, 1.82) is 0 Å².